The summed E-state index contributed by atoms with van der Waals surface area (Å²) in [5.74, 6) is -0.965. The quantitative estimate of drug-likeness (QED) is 0.454. The number of carbonyl (C=O) groups is 2. The summed E-state index contributed by atoms with van der Waals surface area (Å²) in [4.78, 5) is 19.7. The van der Waals surface area contributed by atoms with E-state index in [4.69, 9.17) is 5.11 Å². The molecule has 5 heteroatoms. The molecule has 0 fully saturated rings. The predicted octanol–water partition coefficient (Wildman–Crippen LogP) is -0.341. The zero-order valence-corrected chi connectivity index (χ0v) is 5.02. The van der Waals surface area contributed by atoms with E-state index >= 15 is 0 Å². The molecule has 0 aliphatic rings. The Bertz CT molecular complexity index is 100. The summed E-state index contributed by atoms with van der Waals surface area (Å²) >= 11 is 3.37. The van der Waals surface area contributed by atoms with Crippen molar-refractivity contribution in [3.8, 4) is 0 Å². The number of hydrogen-bond donors (Lipinski definition) is 2. The number of thiol groups is 1. The zero-order chi connectivity index (χ0) is 6.57. The summed E-state index contributed by atoms with van der Waals surface area (Å²) in [5.41, 5.74) is 0. The van der Waals surface area contributed by atoms with Crippen LogP contribution in [0.3, 0.4) is 0 Å². The molecule has 0 aromatic carbocycles. The molecule has 0 bridgehead atoms. The number of aliphatic carboxylic acids is 1. The molecule has 0 saturated carbocycles. The molecule has 0 saturated heterocycles. The first-order chi connectivity index (χ1) is 3.63. The van der Waals surface area contributed by atoms with Crippen LogP contribution in [-0.4, -0.2) is 67.6 Å². The van der Waals surface area contributed by atoms with Crippen LogP contribution < -0.4 is 0 Å². The van der Waals surface area contributed by atoms with Gasteiger partial charge in [-0.05, 0) is 0 Å². The second kappa shape index (κ2) is 7.24. The Labute approximate surface area is 101 Å². The summed E-state index contributed by atoms with van der Waals surface area (Å²) < 4.78 is 0. The molecule has 0 spiro atoms. The second-order valence-corrected chi connectivity index (χ2v) is 1.79. The van der Waals surface area contributed by atoms with Crippen LogP contribution in [0.4, 0.5) is 0 Å². The van der Waals surface area contributed by atoms with Crippen LogP contribution in [0, 0.1) is 0 Å². The first-order valence-corrected chi connectivity index (χ1v) is 2.51. The Morgan fingerprint density at radius 3 is 1.89 bits per heavy atom. The van der Waals surface area contributed by atoms with Crippen molar-refractivity contribution in [2.75, 3.05) is 0 Å². The van der Waals surface area contributed by atoms with Gasteiger partial charge in [0.05, 0.1) is 6.42 Å². The van der Waals surface area contributed by atoms with Crippen LogP contribution in [0.25, 0.3) is 0 Å². The van der Waals surface area contributed by atoms with E-state index in [0.717, 1.165) is 0 Å². The van der Waals surface area contributed by atoms with E-state index in [1.807, 2.05) is 0 Å². The molecule has 48 valence electrons. The molecule has 0 radical (unpaired) electrons. The van der Waals surface area contributed by atoms with Gasteiger partial charge in [0.1, 0.15) is 0 Å². The summed E-state index contributed by atoms with van der Waals surface area (Å²) in [6.45, 7) is 0. The van der Waals surface area contributed by atoms with Gasteiger partial charge in [-0.1, -0.05) is 0 Å². The summed E-state index contributed by atoms with van der Waals surface area (Å²) in [7, 11) is 0. The topological polar surface area (TPSA) is 54.4 Å². The molecular weight excluding hydrogens is 167 g/mol. The summed E-state index contributed by atoms with van der Waals surface area (Å²) in [6, 6.07) is 0. The molecule has 0 aliphatic carbocycles. The average molecular weight is 174 g/mol. The third kappa shape index (κ3) is 12.3. The van der Waals surface area contributed by atoms with Gasteiger partial charge >= 0.3 is 57.4 Å². The third-order valence-corrected chi connectivity index (χ3v) is 0.776. The van der Waals surface area contributed by atoms with E-state index < -0.39 is 5.97 Å². The Morgan fingerprint density at radius 2 is 1.78 bits per heavy atom. The van der Waals surface area contributed by atoms with Gasteiger partial charge in [0.2, 0.25) is 0 Å². The van der Waals surface area contributed by atoms with Crippen molar-refractivity contribution >= 4 is 75.1 Å². The number of carboxylic acid groups (broad SMARTS) is 1. The molecular formula is C4H7KO3S. The fraction of sp³-hybridized carbons (Fsp3) is 0.500. The monoisotopic (exact) mass is 174 g/mol. The van der Waals surface area contributed by atoms with Gasteiger partial charge in [-0.3, -0.25) is 9.59 Å². The standard InChI is InChI=1S/C4H6O3S.K.H/c5-3(6)1-2-4(7)8;;/h1-2H2,(H,5,6)(H,7,8);;. The van der Waals surface area contributed by atoms with Crippen LogP contribution in [0.2, 0.25) is 0 Å². The Balaban J connectivity index is 0. The molecule has 1 N–H and O–H groups in total. The molecule has 0 aromatic heterocycles. The fourth-order valence-corrected chi connectivity index (χ4v) is 0.326. The van der Waals surface area contributed by atoms with Crippen molar-refractivity contribution in [3.05, 3.63) is 0 Å². The van der Waals surface area contributed by atoms with E-state index in [1.54, 1.807) is 0 Å². The van der Waals surface area contributed by atoms with Crippen molar-refractivity contribution in [1.82, 2.24) is 0 Å². The van der Waals surface area contributed by atoms with Gasteiger partial charge < -0.3 is 5.11 Å². The van der Waals surface area contributed by atoms with Crippen LogP contribution >= 0.6 is 12.6 Å². The molecule has 0 heterocycles. The second-order valence-electron chi connectivity index (χ2n) is 1.29. The van der Waals surface area contributed by atoms with Gasteiger partial charge in [0.15, 0.2) is 5.12 Å². The molecule has 0 aliphatic heterocycles. The van der Waals surface area contributed by atoms with E-state index in [2.05, 4.69) is 12.6 Å². The zero-order valence-electron chi connectivity index (χ0n) is 4.13. The molecule has 3 nitrogen and oxygen atoms in total. The van der Waals surface area contributed by atoms with Gasteiger partial charge in [-0.15, -0.1) is 12.6 Å². The molecule has 0 aromatic rings. The van der Waals surface area contributed by atoms with Crippen LogP contribution in [0.5, 0.6) is 0 Å². The first kappa shape index (κ1) is 12.8. The van der Waals surface area contributed by atoms with Gasteiger partial charge in [0.25, 0.3) is 0 Å². The fourth-order valence-electron chi connectivity index (χ4n) is 0.214. The van der Waals surface area contributed by atoms with Gasteiger partial charge in [-0.2, -0.15) is 0 Å². The Morgan fingerprint density at radius 1 is 1.33 bits per heavy atom. The third-order valence-electron chi connectivity index (χ3n) is 0.553. The maximum absolute atomic E-state index is 9.95. The number of hydrogen-bond acceptors (Lipinski definition) is 2. The van der Waals surface area contributed by atoms with E-state index in [0.29, 0.717) is 0 Å². The first-order valence-electron chi connectivity index (χ1n) is 2.06. The number of carbonyl (C=O) groups excluding carboxylic acids is 1. The molecule has 0 amide bonds. The minimum absolute atomic E-state index is 0. The van der Waals surface area contributed by atoms with Crippen LogP contribution in [0.1, 0.15) is 12.8 Å². The SMILES string of the molecule is O=C(O)CCC(=O)S.[KH]. The minimum atomic E-state index is -0.965. The van der Waals surface area contributed by atoms with Crippen LogP contribution in [0.15, 0.2) is 0 Å². The van der Waals surface area contributed by atoms with Crippen molar-refractivity contribution < 1.29 is 14.7 Å². The molecule has 0 atom stereocenters. The van der Waals surface area contributed by atoms with Gasteiger partial charge in [0, 0.05) is 6.42 Å². The van der Waals surface area contributed by atoms with Crippen LogP contribution in [-0.2, 0) is 9.59 Å². The Hall–Kier alpha value is 1.13. The van der Waals surface area contributed by atoms with Crippen molar-refractivity contribution in [1.29, 1.82) is 0 Å². The maximum atomic E-state index is 9.95. The van der Waals surface area contributed by atoms with Crippen molar-refractivity contribution in [2.45, 2.75) is 12.8 Å². The van der Waals surface area contributed by atoms with E-state index in [9.17, 15) is 9.59 Å². The summed E-state index contributed by atoms with van der Waals surface area (Å²) in [6.07, 6.45) is -0.110. The average Bonchev–Trinajstić information content (AvgIpc) is 1.61. The molecule has 0 rings (SSSR count). The number of rotatable bonds is 3. The number of carboxylic acids is 1. The molecule has 9 heavy (non-hydrogen) atoms. The van der Waals surface area contributed by atoms with E-state index in [-0.39, 0.29) is 69.3 Å². The molecule has 0 unspecified atom stereocenters. The Kier molecular flexibility index (Phi) is 10.3. The normalized spacial score (nSPS) is 7.67. The summed E-state index contributed by atoms with van der Waals surface area (Å²) in [5, 5.41) is 7.59. The predicted molar refractivity (Wildman–Crippen MR) is 38.0 cm³/mol. The van der Waals surface area contributed by atoms with E-state index in [1.165, 1.54) is 0 Å². The van der Waals surface area contributed by atoms with Gasteiger partial charge in [-0.25, -0.2) is 0 Å². The van der Waals surface area contributed by atoms with Crippen molar-refractivity contribution in [2.24, 2.45) is 0 Å². The van der Waals surface area contributed by atoms with Crippen molar-refractivity contribution in [3.63, 3.8) is 0 Å².